The first-order chi connectivity index (χ1) is 16.0. The number of pyridine rings is 1. The number of aromatic nitrogens is 4. The van der Waals surface area contributed by atoms with Gasteiger partial charge in [-0.25, -0.2) is 9.97 Å². The summed E-state index contributed by atoms with van der Waals surface area (Å²) in [6.07, 6.45) is 3.42. The Morgan fingerprint density at radius 2 is 1.94 bits per heavy atom. The van der Waals surface area contributed by atoms with Crippen LogP contribution in [0.2, 0.25) is 0 Å². The number of allylic oxidation sites excluding steroid dienone is 1. The molecule has 0 saturated heterocycles. The van der Waals surface area contributed by atoms with Gasteiger partial charge < -0.3 is 0 Å². The summed E-state index contributed by atoms with van der Waals surface area (Å²) in [5.74, 6) is 0.422. The lowest BCUT2D eigenvalue weighted by Crippen LogP contribution is -2.22. The molecule has 0 aliphatic heterocycles. The Morgan fingerprint density at radius 1 is 1.12 bits per heavy atom. The number of nitrogens with zero attached hydrogens (tertiary/aromatic N) is 4. The molecule has 5 rings (SSSR count). The number of hydrogen-bond donors (Lipinski definition) is 0. The highest BCUT2D eigenvalue weighted by atomic mass is 32.2. The molecule has 4 heterocycles. The zero-order valence-corrected chi connectivity index (χ0v) is 19.5. The van der Waals surface area contributed by atoms with Crippen LogP contribution in [0.4, 0.5) is 0 Å². The highest BCUT2D eigenvalue weighted by Gasteiger charge is 2.17. The summed E-state index contributed by atoms with van der Waals surface area (Å²) < 4.78 is 3.16. The molecular weight excluding hydrogens is 452 g/mol. The largest absolute Gasteiger partial charge is 0.283 e. The second-order valence-electron chi connectivity index (χ2n) is 7.60. The third kappa shape index (κ3) is 4.03. The standard InChI is InChI=1S/C25H20N4O2S2/c1-3-10-29-24(31)22-19(17-7-5-4-6-8-17)15-32-23(22)27-25(29)33-14-18-13-21(30)28-11-9-16(2)12-20(28)26-18/h3-9,11-13,15H,1,10,14H2,2H3. The molecule has 0 amide bonds. The minimum atomic E-state index is -0.131. The van der Waals surface area contributed by atoms with Gasteiger partial charge in [-0.3, -0.25) is 18.6 Å². The quantitative estimate of drug-likeness (QED) is 0.199. The number of aryl methyl sites for hydroxylation is 1. The molecule has 0 saturated carbocycles. The fourth-order valence-corrected chi connectivity index (χ4v) is 5.59. The Kier molecular flexibility index (Phi) is 5.70. The Morgan fingerprint density at radius 3 is 2.73 bits per heavy atom. The number of thioether (sulfide) groups is 1. The molecule has 0 aliphatic carbocycles. The zero-order chi connectivity index (χ0) is 22.9. The van der Waals surface area contributed by atoms with Gasteiger partial charge in [-0.2, -0.15) is 0 Å². The third-order valence-corrected chi connectivity index (χ3v) is 7.16. The van der Waals surface area contributed by atoms with Crippen molar-refractivity contribution in [1.82, 2.24) is 18.9 Å². The van der Waals surface area contributed by atoms with Crippen LogP contribution >= 0.6 is 23.1 Å². The molecule has 0 aliphatic rings. The maximum atomic E-state index is 13.5. The van der Waals surface area contributed by atoms with Crippen molar-refractivity contribution < 1.29 is 0 Å². The predicted molar refractivity (Wildman–Crippen MR) is 135 cm³/mol. The van der Waals surface area contributed by atoms with Crippen molar-refractivity contribution in [2.45, 2.75) is 24.4 Å². The molecule has 0 atom stereocenters. The number of rotatable bonds is 6. The van der Waals surface area contributed by atoms with E-state index in [4.69, 9.17) is 4.98 Å². The van der Waals surface area contributed by atoms with Gasteiger partial charge in [0.15, 0.2) is 5.16 Å². The normalized spacial score (nSPS) is 11.3. The predicted octanol–water partition coefficient (Wildman–Crippen LogP) is 4.92. The number of benzene rings is 1. The molecule has 0 spiro atoms. The second kappa shape index (κ2) is 8.80. The molecule has 5 aromatic rings. The van der Waals surface area contributed by atoms with E-state index in [0.717, 1.165) is 16.7 Å². The molecule has 8 heteroatoms. The monoisotopic (exact) mass is 472 g/mol. The van der Waals surface area contributed by atoms with E-state index in [-0.39, 0.29) is 11.1 Å². The molecule has 6 nitrogen and oxygen atoms in total. The van der Waals surface area contributed by atoms with Crippen LogP contribution in [0.5, 0.6) is 0 Å². The smallest absolute Gasteiger partial charge is 0.263 e. The highest BCUT2D eigenvalue weighted by Crippen LogP contribution is 2.32. The topological polar surface area (TPSA) is 69.3 Å². The molecule has 0 fully saturated rings. The van der Waals surface area contributed by atoms with Crippen molar-refractivity contribution in [2.24, 2.45) is 0 Å². The molecular formula is C25H20N4O2S2. The number of fused-ring (bicyclic) bond motifs is 2. The Labute approximate surface area is 197 Å². The lowest BCUT2D eigenvalue weighted by molar-refractivity contribution is 0.673. The van der Waals surface area contributed by atoms with E-state index < -0.39 is 0 Å². The molecule has 0 N–H and O–H groups in total. The molecule has 1 aromatic carbocycles. The van der Waals surface area contributed by atoms with Crippen molar-refractivity contribution in [3.63, 3.8) is 0 Å². The van der Waals surface area contributed by atoms with Crippen LogP contribution in [0.3, 0.4) is 0 Å². The van der Waals surface area contributed by atoms with Gasteiger partial charge in [0.2, 0.25) is 0 Å². The second-order valence-corrected chi connectivity index (χ2v) is 9.40. The maximum Gasteiger partial charge on any atom is 0.263 e. The SMILES string of the molecule is C=CCn1c(SCc2cc(=O)n3ccc(C)cc3n2)nc2scc(-c3ccccc3)c2c1=O. The van der Waals surface area contributed by atoms with Gasteiger partial charge in [0, 0.05) is 35.5 Å². The summed E-state index contributed by atoms with van der Waals surface area (Å²) in [4.78, 5) is 36.1. The average Bonchev–Trinajstić information content (AvgIpc) is 3.24. The maximum absolute atomic E-state index is 13.5. The molecule has 0 unspecified atom stereocenters. The van der Waals surface area contributed by atoms with E-state index in [1.807, 2.05) is 54.8 Å². The van der Waals surface area contributed by atoms with E-state index in [1.165, 1.54) is 33.6 Å². The van der Waals surface area contributed by atoms with E-state index in [1.54, 1.807) is 16.8 Å². The number of hydrogen-bond acceptors (Lipinski definition) is 6. The highest BCUT2D eigenvalue weighted by molar-refractivity contribution is 7.98. The first-order valence-corrected chi connectivity index (χ1v) is 12.2. The summed E-state index contributed by atoms with van der Waals surface area (Å²) >= 11 is 2.85. The summed E-state index contributed by atoms with van der Waals surface area (Å²) in [6, 6.07) is 15.1. The first kappa shape index (κ1) is 21.4. The first-order valence-electron chi connectivity index (χ1n) is 10.4. The summed E-state index contributed by atoms with van der Waals surface area (Å²) in [5, 5.41) is 3.19. The molecule has 0 bridgehead atoms. The van der Waals surface area contributed by atoms with Gasteiger partial charge in [0.1, 0.15) is 10.5 Å². The van der Waals surface area contributed by atoms with Crippen molar-refractivity contribution in [2.75, 3.05) is 0 Å². The van der Waals surface area contributed by atoms with Crippen molar-refractivity contribution in [3.05, 3.63) is 105 Å². The van der Waals surface area contributed by atoms with Crippen LogP contribution in [-0.4, -0.2) is 18.9 Å². The van der Waals surface area contributed by atoms with Crippen molar-refractivity contribution in [1.29, 1.82) is 0 Å². The van der Waals surface area contributed by atoms with Gasteiger partial charge in [-0.1, -0.05) is 48.2 Å². The van der Waals surface area contributed by atoms with Crippen LogP contribution in [0.15, 0.2) is 87.5 Å². The summed E-state index contributed by atoms with van der Waals surface area (Å²) in [6.45, 7) is 6.12. The fraction of sp³-hybridized carbons (Fsp3) is 0.120. The Balaban J connectivity index is 1.55. The van der Waals surface area contributed by atoms with Crippen LogP contribution < -0.4 is 11.1 Å². The lowest BCUT2D eigenvalue weighted by Gasteiger charge is -2.11. The molecule has 164 valence electrons. The van der Waals surface area contributed by atoms with E-state index in [0.29, 0.717) is 39.0 Å². The van der Waals surface area contributed by atoms with E-state index in [2.05, 4.69) is 11.6 Å². The number of thiophene rings is 1. The Hall–Kier alpha value is -3.49. The minimum absolute atomic E-state index is 0.0929. The Bertz CT molecular complexity index is 1620. The van der Waals surface area contributed by atoms with Gasteiger partial charge in [0.25, 0.3) is 11.1 Å². The van der Waals surface area contributed by atoms with E-state index >= 15 is 0 Å². The van der Waals surface area contributed by atoms with Crippen molar-refractivity contribution >= 4 is 39.0 Å². The van der Waals surface area contributed by atoms with E-state index in [9.17, 15) is 9.59 Å². The fourth-order valence-electron chi connectivity index (χ4n) is 3.70. The minimum Gasteiger partial charge on any atom is -0.283 e. The lowest BCUT2D eigenvalue weighted by atomic mass is 10.1. The van der Waals surface area contributed by atoms with Crippen LogP contribution in [0, 0.1) is 6.92 Å². The summed E-state index contributed by atoms with van der Waals surface area (Å²) in [5.41, 5.74) is 3.94. The van der Waals surface area contributed by atoms with Gasteiger partial charge in [-0.15, -0.1) is 17.9 Å². The van der Waals surface area contributed by atoms with Crippen molar-refractivity contribution in [3.8, 4) is 11.1 Å². The zero-order valence-electron chi connectivity index (χ0n) is 17.9. The van der Waals surface area contributed by atoms with Crippen LogP contribution in [0.25, 0.3) is 27.0 Å². The molecule has 4 aromatic heterocycles. The third-order valence-electron chi connectivity index (χ3n) is 5.28. The van der Waals surface area contributed by atoms with Gasteiger partial charge in [-0.05, 0) is 30.2 Å². The average molecular weight is 473 g/mol. The molecule has 33 heavy (non-hydrogen) atoms. The van der Waals surface area contributed by atoms with Crippen LogP contribution in [-0.2, 0) is 12.3 Å². The molecule has 0 radical (unpaired) electrons. The van der Waals surface area contributed by atoms with Gasteiger partial charge >= 0.3 is 0 Å². The van der Waals surface area contributed by atoms with Gasteiger partial charge in [0.05, 0.1) is 11.1 Å². The van der Waals surface area contributed by atoms with Crippen LogP contribution in [0.1, 0.15) is 11.3 Å². The summed E-state index contributed by atoms with van der Waals surface area (Å²) in [7, 11) is 0.